The lowest BCUT2D eigenvalue weighted by Crippen LogP contribution is -1.94. The molecule has 0 bridgehead atoms. The highest BCUT2D eigenvalue weighted by Gasteiger charge is 1.98. The van der Waals surface area contributed by atoms with Gasteiger partial charge in [-0.25, -0.2) is 0 Å². The monoisotopic (exact) mass is 114 g/mol. The van der Waals surface area contributed by atoms with E-state index in [1.54, 1.807) is 0 Å². The molecule has 48 valence electrons. The minimum Gasteiger partial charge on any atom is -0.370 e. The first-order valence-corrected chi connectivity index (χ1v) is 3.18. The van der Waals surface area contributed by atoms with Crippen molar-refractivity contribution in [3.63, 3.8) is 0 Å². The average molecular weight is 114 g/mol. The summed E-state index contributed by atoms with van der Waals surface area (Å²) in [5, 5.41) is 0. The van der Waals surface area contributed by atoms with Crippen LogP contribution in [0, 0.1) is 0 Å². The van der Waals surface area contributed by atoms with Crippen LogP contribution in [0.25, 0.3) is 0 Å². The molecule has 0 aliphatic carbocycles. The molecule has 1 aliphatic heterocycles. The van der Waals surface area contributed by atoms with Crippen LogP contribution >= 0.6 is 0 Å². The van der Waals surface area contributed by atoms with E-state index in [0.29, 0.717) is 6.10 Å². The summed E-state index contributed by atoms with van der Waals surface area (Å²) >= 11 is 0. The van der Waals surface area contributed by atoms with Gasteiger partial charge in [-0.3, -0.25) is 0 Å². The van der Waals surface area contributed by atoms with Gasteiger partial charge >= 0.3 is 0 Å². The molecule has 0 saturated carbocycles. The zero-order valence-electron chi connectivity index (χ0n) is 5.85. The molecule has 1 unspecified atom stereocenters. The first-order chi connectivity index (χ1) is 3.89. The Morgan fingerprint density at radius 3 is 2.25 bits per heavy atom. The molecule has 8 heavy (non-hydrogen) atoms. The van der Waals surface area contributed by atoms with Crippen LogP contribution in [-0.2, 0) is 4.74 Å². The summed E-state index contributed by atoms with van der Waals surface area (Å²) in [5.41, 5.74) is 0. The smallest absolute Gasteiger partial charge is 0.0732 e. The summed E-state index contributed by atoms with van der Waals surface area (Å²) in [6.45, 7) is 6.84. The van der Waals surface area contributed by atoms with Crippen molar-refractivity contribution in [3.05, 3.63) is 12.2 Å². The quantitative estimate of drug-likeness (QED) is 0.437. The standard InChI is InChI=1S/C5H8O.C2H6/c1-5-3-2-4-6-5;1-2/h2-3,5H,4H2,1H3;1-2H3. The molecule has 0 aromatic heterocycles. The second-order valence-electron chi connectivity index (χ2n) is 1.47. The van der Waals surface area contributed by atoms with Crippen molar-refractivity contribution >= 4 is 0 Å². The van der Waals surface area contributed by atoms with Crippen LogP contribution in [0.4, 0.5) is 0 Å². The molecule has 1 rings (SSSR count). The maximum absolute atomic E-state index is 5.04. The lowest BCUT2D eigenvalue weighted by atomic mass is 10.4. The summed E-state index contributed by atoms with van der Waals surface area (Å²) < 4.78 is 5.04. The largest absolute Gasteiger partial charge is 0.370 e. The molecule has 0 fully saturated rings. The molecule has 1 nitrogen and oxygen atoms in total. The normalized spacial score (nSPS) is 24.6. The number of hydrogen-bond donors (Lipinski definition) is 0. The highest BCUT2D eigenvalue weighted by atomic mass is 16.5. The van der Waals surface area contributed by atoms with Crippen LogP contribution in [0.5, 0.6) is 0 Å². The van der Waals surface area contributed by atoms with E-state index in [1.165, 1.54) is 0 Å². The van der Waals surface area contributed by atoms with Gasteiger partial charge in [-0.1, -0.05) is 26.0 Å². The van der Waals surface area contributed by atoms with Gasteiger partial charge in [0.1, 0.15) is 0 Å². The van der Waals surface area contributed by atoms with E-state index in [-0.39, 0.29) is 0 Å². The van der Waals surface area contributed by atoms with E-state index in [9.17, 15) is 0 Å². The number of rotatable bonds is 0. The Morgan fingerprint density at radius 2 is 2.12 bits per heavy atom. The minimum atomic E-state index is 0.366. The van der Waals surface area contributed by atoms with Crippen LogP contribution in [0.1, 0.15) is 20.8 Å². The fraction of sp³-hybridized carbons (Fsp3) is 0.714. The van der Waals surface area contributed by atoms with Gasteiger partial charge in [0.05, 0.1) is 12.7 Å². The van der Waals surface area contributed by atoms with Crippen LogP contribution in [0.3, 0.4) is 0 Å². The summed E-state index contributed by atoms with van der Waals surface area (Å²) in [6.07, 6.45) is 4.45. The van der Waals surface area contributed by atoms with Crippen LogP contribution < -0.4 is 0 Å². The van der Waals surface area contributed by atoms with Gasteiger partial charge in [-0.05, 0) is 6.92 Å². The molecule has 1 atom stereocenters. The Bertz CT molecular complexity index is 66.8. The van der Waals surface area contributed by atoms with Gasteiger partial charge in [0.2, 0.25) is 0 Å². The fourth-order valence-corrected chi connectivity index (χ4v) is 0.510. The predicted octanol–water partition coefficient (Wildman–Crippen LogP) is 1.99. The highest BCUT2D eigenvalue weighted by Crippen LogP contribution is 1.99. The second kappa shape index (κ2) is 4.85. The maximum Gasteiger partial charge on any atom is 0.0732 e. The Hall–Kier alpha value is -0.300. The Morgan fingerprint density at radius 1 is 1.50 bits per heavy atom. The minimum absolute atomic E-state index is 0.366. The van der Waals surface area contributed by atoms with Crippen molar-refractivity contribution < 1.29 is 4.74 Å². The summed E-state index contributed by atoms with van der Waals surface area (Å²) in [6, 6.07) is 0. The first kappa shape index (κ1) is 7.70. The molecule has 0 saturated heterocycles. The maximum atomic E-state index is 5.04. The zero-order chi connectivity index (χ0) is 6.41. The molecular weight excluding hydrogens is 100 g/mol. The molecule has 0 radical (unpaired) electrons. The SMILES string of the molecule is CC.CC1C=CCO1. The molecule has 1 heteroatoms. The lowest BCUT2D eigenvalue weighted by molar-refractivity contribution is 0.142. The highest BCUT2D eigenvalue weighted by molar-refractivity contribution is 4.92. The molecule has 0 spiro atoms. The first-order valence-electron chi connectivity index (χ1n) is 3.18. The third kappa shape index (κ3) is 2.80. The van der Waals surface area contributed by atoms with Crippen molar-refractivity contribution in [2.24, 2.45) is 0 Å². The summed E-state index contributed by atoms with van der Waals surface area (Å²) in [5.74, 6) is 0. The van der Waals surface area contributed by atoms with Gasteiger partial charge in [0, 0.05) is 0 Å². The van der Waals surface area contributed by atoms with Gasteiger partial charge in [0.15, 0.2) is 0 Å². The molecule has 0 N–H and O–H groups in total. The van der Waals surface area contributed by atoms with Crippen LogP contribution in [-0.4, -0.2) is 12.7 Å². The third-order valence-electron chi connectivity index (χ3n) is 0.862. The topological polar surface area (TPSA) is 9.23 Å². The van der Waals surface area contributed by atoms with Gasteiger partial charge in [-0.2, -0.15) is 0 Å². The second-order valence-corrected chi connectivity index (χ2v) is 1.47. The van der Waals surface area contributed by atoms with Crippen molar-refractivity contribution in [1.29, 1.82) is 0 Å². The predicted molar refractivity (Wildman–Crippen MR) is 35.9 cm³/mol. The Balaban J connectivity index is 0.000000222. The van der Waals surface area contributed by atoms with E-state index in [0.717, 1.165) is 6.61 Å². The van der Waals surface area contributed by atoms with Gasteiger partial charge < -0.3 is 4.74 Å². The summed E-state index contributed by atoms with van der Waals surface area (Å²) in [4.78, 5) is 0. The van der Waals surface area contributed by atoms with E-state index < -0.39 is 0 Å². The van der Waals surface area contributed by atoms with Crippen molar-refractivity contribution in [1.82, 2.24) is 0 Å². The molecule has 1 aliphatic rings. The zero-order valence-corrected chi connectivity index (χ0v) is 5.85. The van der Waals surface area contributed by atoms with E-state index in [2.05, 4.69) is 6.08 Å². The van der Waals surface area contributed by atoms with Crippen LogP contribution in [0.2, 0.25) is 0 Å². The number of hydrogen-bond acceptors (Lipinski definition) is 1. The van der Waals surface area contributed by atoms with Crippen molar-refractivity contribution in [2.75, 3.05) is 6.61 Å². The molecular formula is C7H14O. The van der Waals surface area contributed by atoms with Gasteiger partial charge in [0.25, 0.3) is 0 Å². The van der Waals surface area contributed by atoms with E-state index in [1.807, 2.05) is 26.8 Å². The summed E-state index contributed by atoms with van der Waals surface area (Å²) in [7, 11) is 0. The number of ether oxygens (including phenoxy) is 1. The van der Waals surface area contributed by atoms with Crippen molar-refractivity contribution in [3.8, 4) is 0 Å². The Kier molecular flexibility index (Phi) is 4.67. The van der Waals surface area contributed by atoms with Crippen molar-refractivity contribution in [2.45, 2.75) is 26.9 Å². The van der Waals surface area contributed by atoms with Gasteiger partial charge in [-0.15, -0.1) is 0 Å². The lowest BCUT2D eigenvalue weighted by Gasteiger charge is -1.93. The fourth-order valence-electron chi connectivity index (χ4n) is 0.510. The molecule has 0 amide bonds. The van der Waals surface area contributed by atoms with E-state index >= 15 is 0 Å². The average Bonchev–Trinajstić information content (AvgIpc) is 2.24. The van der Waals surface area contributed by atoms with E-state index in [4.69, 9.17) is 4.74 Å². The Labute approximate surface area is 51.4 Å². The van der Waals surface area contributed by atoms with Crippen LogP contribution in [0.15, 0.2) is 12.2 Å². The molecule has 0 aromatic rings. The third-order valence-corrected chi connectivity index (χ3v) is 0.862. The molecule has 1 heterocycles. The molecule has 0 aromatic carbocycles.